The molecule has 2 heterocycles. The van der Waals surface area contributed by atoms with E-state index in [1.54, 1.807) is 50.2 Å². The van der Waals surface area contributed by atoms with E-state index in [0.29, 0.717) is 0 Å². The van der Waals surface area contributed by atoms with Crippen LogP contribution in [0.15, 0.2) is 66.9 Å². The van der Waals surface area contributed by atoms with Gasteiger partial charge in [0, 0.05) is 12.3 Å². The number of ether oxygens (including phenoxy) is 5. The van der Waals surface area contributed by atoms with Gasteiger partial charge in [-0.15, -0.1) is 0 Å². The number of nitrogens with zero attached hydrogens (tertiary/aromatic N) is 1. The average molecular weight is 633 g/mol. The number of carbonyl (C=O) groups is 5. The van der Waals surface area contributed by atoms with Crippen molar-refractivity contribution in [2.45, 2.75) is 52.4 Å². The van der Waals surface area contributed by atoms with Crippen molar-refractivity contribution in [3.8, 4) is 11.5 Å². The van der Waals surface area contributed by atoms with E-state index in [1.807, 2.05) is 25.1 Å². The van der Waals surface area contributed by atoms with Gasteiger partial charge >= 0.3 is 23.9 Å². The fourth-order valence-corrected chi connectivity index (χ4v) is 4.67. The Morgan fingerprint density at radius 2 is 1.70 bits per heavy atom. The maximum absolute atomic E-state index is 13.5. The number of aryl methyl sites for hydroxylation is 1. The van der Waals surface area contributed by atoms with Crippen molar-refractivity contribution in [2.75, 3.05) is 13.7 Å². The highest BCUT2D eigenvalue weighted by Crippen LogP contribution is 2.31. The molecule has 0 saturated carbocycles. The van der Waals surface area contributed by atoms with Crippen molar-refractivity contribution in [2.24, 2.45) is 11.8 Å². The Bertz CT molecular complexity index is 1570. The van der Waals surface area contributed by atoms with Crippen LogP contribution < -0.4 is 14.8 Å². The first-order valence-corrected chi connectivity index (χ1v) is 14.7. The van der Waals surface area contributed by atoms with Crippen LogP contribution >= 0.6 is 0 Å². The molecule has 0 radical (unpaired) electrons. The number of amides is 1. The molecule has 1 aliphatic rings. The Hall–Kier alpha value is -5.26. The fourth-order valence-electron chi connectivity index (χ4n) is 4.67. The molecule has 1 N–H and O–H groups in total. The molecule has 3 aromatic rings. The Labute approximate surface area is 266 Å². The van der Waals surface area contributed by atoms with Crippen LogP contribution in [0.4, 0.5) is 0 Å². The molecule has 0 aliphatic carbocycles. The first-order valence-electron chi connectivity index (χ1n) is 14.7. The fraction of sp³-hybridized carbons (Fsp3) is 0.353. The van der Waals surface area contributed by atoms with Gasteiger partial charge in [-0.3, -0.25) is 14.4 Å². The van der Waals surface area contributed by atoms with Crippen molar-refractivity contribution >= 4 is 29.8 Å². The van der Waals surface area contributed by atoms with Crippen LogP contribution in [-0.4, -0.2) is 66.7 Å². The highest BCUT2D eigenvalue weighted by atomic mass is 16.6. The lowest BCUT2D eigenvalue weighted by Gasteiger charge is -2.29. The van der Waals surface area contributed by atoms with E-state index in [9.17, 15) is 24.0 Å². The predicted molar refractivity (Wildman–Crippen MR) is 163 cm³/mol. The quantitative estimate of drug-likeness (QED) is 0.271. The van der Waals surface area contributed by atoms with Crippen LogP contribution in [0.3, 0.4) is 0 Å². The van der Waals surface area contributed by atoms with Crippen molar-refractivity contribution in [3.63, 3.8) is 0 Å². The predicted octanol–water partition coefficient (Wildman–Crippen LogP) is 3.63. The number of esters is 4. The van der Waals surface area contributed by atoms with E-state index in [0.717, 1.165) is 11.1 Å². The molecule has 0 bridgehead atoms. The molecule has 1 aromatic heterocycles. The summed E-state index contributed by atoms with van der Waals surface area (Å²) in [4.78, 5) is 69.9. The summed E-state index contributed by atoms with van der Waals surface area (Å²) in [6, 6.07) is 15.6. The summed E-state index contributed by atoms with van der Waals surface area (Å²) in [5.41, 5.74) is 1.57. The van der Waals surface area contributed by atoms with Crippen molar-refractivity contribution in [1.82, 2.24) is 10.3 Å². The van der Waals surface area contributed by atoms with Crippen LogP contribution in [0.2, 0.25) is 0 Å². The zero-order valence-electron chi connectivity index (χ0n) is 26.2. The second-order valence-corrected chi connectivity index (χ2v) is 11.1. The molecule has 1 amide bonds. The van der Waals surface area contributed by atoms with Gasteiger partial charge in [0.05, 0.1) is 18.6 Å². The summed E-state index contributed by atoms with van der Waals surface area (Å²) < 4.78 is 27.7. The highest BCUT2D eigenvalue weighted by Gasteiger charge is 2.42. The van der Waals surface area contributed by atoms with Gasteiger partial charge in [0.25, 0.3) is 5.91 Å². The zero-order chi connectivity index (χ0) is 33.4. The van der Waals surface area contributed by atoms with Gasteiger partial charge in [-0.05, 0) is 38.0 Å². The average Bonchev–Trinajstić information content (AvgIpc) is 3.07. The Morgan fingerprint density at radius 1 is 1.00 bits per heavy atom. The number of carbonyl (C=O) groups excluding carboxylic acids is 5. The number of rotatable bonds is 9. The number of pyridine rings is 1. The van der Waals surface area contributed by atoms with Crippen LogP contribution in [0.25, 0.3) is 0 Å². The van der Waals surface area contributed by atoms with Gasteiger partial charge in [0.2, 0.25) is 5.75 Å². The van der Waals surface area contributed by atoms with Gasteiger partial charge in [0.15, 0.2) is 23.6 Å². The molecular weight excluding hydrogens is 596 g/mol. The lowest BCUT2D eigenvalue weighted by atomic mass is 9.91. The van der Waals surface area contributed by atoms with Gasteiger partial charge < -0.3 is 29.0 Å². The molecule has 12 nitrogen and oxygen atoms in total. The summed E-state index contributed by atoms with van der Waals surface area (Å²) >= 11 is 0. The van der Waals surface area contributed by atoms with Crippen molar-refractivity contribution in [3.05, 3.63) is 89.2 Å². The summed E-state index contributed by atoms with van der Waals surface area (Å²) in [5.74, 6) is -5.75. The van der Waals surface area contributed by atoms with Gasteiger partial charge in [-0.2, -0.15) is 0 Å². The van der Waals surface area contributed by atoms with Crippen LogP contribution in [0, 0.1) is 18.8 Å². The van der Waals surface area contributed by atoms with Gasteiger partial charge in [-0.25, -0.2) is 14.6 Å². The van der Waals surface area contributed by atoms with E-state index in [4.69, 9.17) is 23.7 Å². The third-order valence-corrected chi connectivity index (χ3v) is 7.25. The maximum Gasteiger partial charge on any atom is 0.343 e. The van der Waals surface area contributed by atoms with E-state index in [1.165, 1.54) is 26.3 Å². The van der Waals surface area contributed by atoms with E-state index in [2.05, 4.69) is 10.3 Å². The molecule has 4 rings (SSSR count). The number of benzene rings is 2. The van der Waals surface area contributed by atoms with Crippen LogP contribution in [-0.2, 0) is 35.0 Å². The topological polar surface area (TPSA) is 156 Å². The summed E-state index contributed by atoms with van der Waals surface area (Å²) in [5, 5.41) is 2.46. The normalized spacial score (nSPS) is 19.9. The Morgan fingerprint density at radius 3 is 2.35 bits per heavy atom. The molecule has 0 spiro atoms. The molecule has 2 aromatic carbocycles. The summed E-state index contributed by atoms with van der Waals surface area (Å²) in [7, 11) is 1.32. The first kappa shape index (κ1) is 33.6. The smallest absolute Gasteiger partial charge is 0.343 e. The molecule has 0 unspecified atom stereocenters. The van der Waals surface area contributed by atoms with Gasteiger partial charge in [0.1, 0.15) is 18.6 Å². The zero-order valence-corrected chi connectivity index (χ0v) is 26.2. The lowest BCUT2D eigenvalue weighted by molar-refractivity contribution is -0.176. The second kappa shape index (κ2) is 15.2. The number of methoxy groups -OCH3 is 1. The van der Waals surface area contributed by atoms with Crippen molar-refractivity contribution in [1.29, 1.82) is 0 Å². The Kier molecular flexibility index (Phi) is 11.1. The molecule has 1 aliphatic heterocycles. The second-order valence-electron chi connectivity index (χ2n) is 11.1. The number of nitrogens with one attached hydrogen (secondary N) is 1. The lowest BCUT2D eigenvalue weighted by Crippen LogP contribution is -2.47. The molecule has 46 heavy (non-hydrogen) atoms. The third-order valence-electron chi connectivity index (χ3n) is 7.25. The minimum Gasteiger partial charge on any atom is -0.493 e. The SMILES string of the molecule is COc1ccnc(C(=O)N[C@H]2COC(=O)[C@H](Cc3ccccc3)[C@@H](OC(=O)C(C)C)[C@H](C)OC2=O)c1OC(=O)c1ccc(C)cc1. The number of hydrogen-bond donors (Lipinski definition) is 1. The molecular formula is C34H36N2O10. The standard InChI is InChI=1S/C34H36N2O10/c1-19(2)31(38)45-28-21(4)44-34(41)25(18-43-33(40)24(28)17-22-9-7-6-8-10-22)36-30(37)27-29(26(42-5)15-16-35-27)46-32(39)23-13-11-20(3)12-14-23/h6-16,19,21,24-25,28H,17-18H2,1-5H3,(H,36,37)/t21-,24+,25-,28-/m0/s1. The number of cyclic esters (lactones) is 2. The summed E-state index contributed by atoms with van der Waals surface area (Å²) in [6.45, 7) is 6.06. The number of hydrogen-bond acceptors (Lipinski definition) is 11. The van der Waals surface area contributed by atoms with Crippen LogP contribution in [0.1, 0.15) is 52.7 Å². The van der Waals surface area contributed by atoms with Crippen LogP contribution in [0.5, 0.6) is 11.5 Å². The van der Waals surface area contributed by atoms with E-state index >= 15 is 0 Å². The monoisotopic (exact) mass is 632 g/mol. The maximum atomic E-state index is 13.5. The highest BCUT2D eigenvalue weighted by molar-refractivity contribution is 6.00. The minimum absolute atomic E-state index is 0.0382. The molecule has 1 saturated heterocycles. The first-order chi connectivity index (χ1) is 22.0. The Balaban J connectivity index is 1.59. The van der Waals surface area contributed by atoms with E-state index < -0.39 is 66.5 Å². The van der Waals surface area contributed by atoms with Crippen molar-refractivity contribution < 1.29 is 47.7 Å². The van der Waals surface area contributed by atoms with Gasteiger partial charge in [-0.1, -0.05) is 61.9 Å². The third kappa shape index (κ3) is 8.26. The largest absolute Gasteiger partial charge is 0.493 e. The molecule has 12 heteroatoms. The number of aromatic nitrogens is 1. The minimum atomic E-state index is -1.48. The summed E-state index contributed by atoms with van der Waals surface area (Å²) in [6.07, 6.45) is -0.857. The molecule has 4 atom stereocenters. The molecule has 1 fully saturated rings. The molecule has 242 valence electrons. The van der Waals surface area contributed by atoms with E-state index in [-0.39, 0.29) is 29.2 Å².